The number of benzene rings is 1. The molecule has 3 rings (SSSR count). The minimum atomic E-state index is -0.440. The molecule has 0 saturated heterocycles. The summed E-state index contributed by atoms with van der Waals surface area (Å²) in [6.45, 7) is 1.92. The first-order valence-corrected chi connectivity index (χ1v) is 8.05. The van der Waals surface area contributed by atoms with Gasteiger partial charge in [-0.15, -0.1) is 0 Å². The van der Waals surface area contributed by atoms with E-state index in [9.17, 15) is 9.59 Å². The van der Waals surface area contributed by atoms with Crippen molar-refractivity contribution in [3.63, 3.8) is 0 Å². The fraction of sp³-hybridized carbons (Fsp3) is 0.118. The van der Waals surface area contributed by atoms with Crippen LogP contribution in [0.4, 0.5) is 0 Å². The van der Waals surface area contributed by atoms with E-state index < -0.39 is 11.8 Å². The van der Waals surface area contributed by atoms with Crippen LogP contribution in [0.2, 0.25) is 5.02 Å². The van der Waals surface area contributed by atoms with Crippen LogP contribution in [0.25, 0.3) is 5.69 Å². The highest BCUT2D eigenvalue weighted by Crippen LogP contribution is 2.19. The van der Waals surface area contributed by atoms with Gasteiger partial charge in [-0.2, -0.15) is 5.10 Å². The van der Waals surface area contributed by atoms with Gasteiger partial charge in [0, 0.05) is 11.2 Å². The Hall–Kier alpha value is -3.06. The van der Waals surface area contributed by atoms with Crippen molar-refractivity contribution in [3.05, 3.63) is 70.8 Å². The number of H-pyrrole nitrogens is 1. The second kappa shape index (κ2) is 7.23. The molecule has 0 unspecified atom stereocenters. The van der Waals surface area contributed by atoms with Crippen molar-refractivity contribution < 1.29 is 9.59 Å². The van der Waals surface area contributed by atoms with Gasteiger partial charge in [-0.25, -0.2) is 4.68 Å². The summed E-state index contributed by atoms with van der Waals surface area (Å²) in [7, 11) is 0. The van der Waals surface area contributed by atoms with E-state index in [0.29, 0.717) is 28.4 Å². The maximum atomic E-state index is 12.4. The van der Waals surface area contributed by atoms with Gasteiger partial charge in [0.2, 0.25) is 0 Å². The van der Waals surface area contributed by atoms with Crippen LogP contribution in [-0.4, -0.2) is 26.6 Å². The highest BCUT2D eigenvalue weighted by Gasteiger charge is 2.18. The third-order valence-electron chi connectivity index (χ3n) is 3.63. The van der Waals surface area contributed by atoms with Crippen LogP contribution >= 0.6 is 11.6 Å². The highest BCUT2D eigenvalue weighted by atomic mass is 35.5. The molecule has 2 amide bonds. The summed E-state index contributed by atoms with van der Waals surface area (Å²) in [5, 5.41) is 4.86. The van der Waals surface area contributed by atoms with Crippen LogP contribution in [0, 0.1) is 0 Å². The molecular formula is C17H16ClN5O2. The van der Waals surface area contributed by atoms with E-state index in [-0.39, 0.29) is 0 Å². The van der Waals surface area contributed by atoms with Crippen molar-refractivity contribution in [3.8, 4) is 5.69 Å². The smallest absolute Gasteiger partial charge is 0.286 e. The number of halogens is 1. The van der Waals surface area contributed by atoms with E-state index >= 15 is 0 Å². The van der Waals surface area contributed by atoms with E-state index in [1.165, 1.54) is 6.20 Å². The second-order valence-corrected chi connectivity index (χ2v) is 5.68. The Labute approximate surface area is 149 Å². The van der Waals surface area contributed by atoms with Gasteiger partial charge in [-0.05, 0) is 36.8 Å². The number of carbonyl (C=O) groups is 2. The zero-order valence-electron chi connectivity index (χ0n) is 13.4. The maximum Gasteiger partial charge on any atom is 0.286 e. The van der Waals surface area contributed by atoms with Gasteiger partial charge in [0.25, 0.3) is 11.8 Å². The van der Waals surface area contributed by atoms with Crippen molar-refractivity contribution in [2.45, 2.75) is 13.3 Å². The molecule has 0 radical (unpaired) electrons. The third kappa shape index (κ3) is 3.56. The number of nitrogens with zero attached hydrogens (tertiary/aromatic N) is 2. The van der Waals surface area contributed by atoms with Crippen molar-refractivity contribution in [1.29, 1.82) is 0 Å². The Morgan fingerprint density at radius 3 is 2.68 bits per heavy atom. The zero-order valence-corrected chi connectivity index (χ0v) is 14.2. The summed E-state index contributed by atoms with van der Waals surface area (Å²) in [5.41, 5.74) is 6.98. The van der Waals surface area contributed by atoms with Gasteiger partial charge in [0.15, 0.2) is 0 Å². The lowest BCUT2D eigenvalue weighted by Crippen LogP contribution is -2.42. The summed E-state index contributed by atoms with van der Waals surface area (Å²) in [4.78, 5) is 27.0. The molecule has 0 spiro atoms. The molecule has 0 bridgehead atoms. The molecule has 7 nitrogen and oxygen atoms in total. The number of aromatic amines is 1. The molecule has 3 N–H and O–H groups in total. The molecule has 2 aromatic heterocycles. The van der Waals surface area contributed by atoms with Crippen LogP contribution in [0.15, 0.2) is 48.8 Å². The molecule has 128 valence electrons. The fourth-order valence-electron chi connectivity index (χ4n) is 2.45. The molecule has 8 heteroatoms. The van der Waals surface area contributed by atoms with Gasteiger partial charge in [0.05, 0.1) is 23.1 Å². The topological polar surface area (TPSA) is 91.8 Å². The SMILES string of the molecule is CCc1c(C(=O)NNC(=O)c2ccc[nH]2)cnn1-c1cccc(Cl)c1. The third-order valence-corrected chi connectivity index (χ3v) is 3.87. The summed E-state index contributed by atoms with van der Waals surface area (Å²) in [6, 6.07) is 10.5. The molecule has 0 aliphatic rings. The molecule has 2 heterocycles. The molecule has 0 fully saturated rings. The zero-order chi connectivity index (χ0) is 17.8. The van der Waals surface area contributed by atoms with E-state index in [1.807, 2.05) is 19.1 Å². The Bertz CT molecular complexity index is 902. The number of hydrogen-bond acceptors (Lipinski definition) is 3. The minimum Gasteiger partial charge on any atom is -0.357 e. The molecular weight excluding hydrogens is 342 g/mol. The van der Waals surface area contributed by atoms with Crippen molar-refractivity contribution in [1.82, 2.24) is 25.6 Å². The molecule has 1 aromatic carbocycles. The number of nitrogens with one attached hydrogen (secondary N) is 3. The van der Waals surface area contributed by atoms with Gasteiger partial charge >= 0.3 is 0 Å². The lowest BCUT2D eigenvalue weighted by Gasteiger charge is -2.09. The van der Waals surface area contributed by atoms with Crippen molar-refractivity contribution in [2.75, 3.05) is 0 Å². The van der Waals surface area contributed by atoms with Gasteiger partial charge in [0.1, 0.15) is 5.69 Å². The van der Waals surface area contributed by atoms with E-state index in [4.69, 9.17) is 11.6 Å². The largest absolute Gasteiger partial charge is 0.357 e. The van der Waals surface area contributed by atoms with Crippen molar-refractivity contribution in [2.24, 2.45) is 0 Å². The van der Waals surface area contributed by atoms with Gasteiger partial charge in [-0.1, -0.05) is 24.6 Å². The van der Waals surface area contributed by atoms with Crippen LogP contribution in [0.3, 0.4) is 0 Å². The molecule has 25 heavy (non-hydrogen) atoms. The average Bonchev–Trinajstić information content (AvgIpc) is 3.28. The normalized spacial score (nSPS) is 10.5. The maximum absolute atomic E-state index is 12.4. The molecule has 0 atom stereocenters. The first-order valence-electron chi connectivity index (χ1n) is 7.67. The molecule has 0 saturated carbocycles. The first kappa shape index (κ1) is 16.8. The quantitative estimate of drug-likeness (QED) is 0.626. The lowest BCUT2D eigenvalue weighted by molar-refractivity contribution is 0.0843. The second-order valence-electron chi connectivity index (χ2n) is 5.24. The standard InChI is InChI=1S/C17H16ClN5O2/c1-2-15-13(10-20-23(15)12-6-3-5-11(18)9-12)16(24)21-22-17(25)14-7-4-8-19-14/h3-10,19H,2H2,1H3,(H,21,24)(H,22,25). The van der Waals surface area contributed by atoms with E-state index in [1.54, 1.807) is 35.1 Å². The predicted octanol–water partition coefficient (Wildman–Crippen LogP) is 2.49. The number of amides is 2. The summed E-state index contributed by atoms with van der Waals surface area (Å²) < 4.78 is 1.66. The van der Waals surface area contributed by atoms with Gasteiger partial charge < -0.3 is 4.98 Å². The van der Waals surface area contributed by atoms with Crippen molar-refractivity contribution >= 4 is 23.4 Å². The Balaban J connectivity index is 1.78. The van der Waals surface area contributed by atoms with E-state index in [2.05, 4.69) is 20.9 Å². The van der Waals surface area contributed by atoms with Crippen LogP contribution in [0.1, 0.15) is 33.5 Å². The molecule has 3 aromatic rings. The Morgan fingerprint density at radius 2 is 2.00 bits per heavy atom. The van der Waals surface area contributed by atoms with Crippen LogP contribution in [-0.2, 0) is 6.42 Å². The Kier molecular flexibility index (Phi) is 4.85. The van der Waals surface area contributed by atoms with E-state index in [0.717, 1.165) is 5.69 Å². The fourth-order valence-corrected chi connectivity index (χ4v) is 2.64. The predicted molar refractivity (Wildman–Crippen MR) is 93.7 cm³/mol. The molecule has 0 aliphatic heterocycles. The monoisotopic (exact) mass is 357 g/mol. The minimum absolute atomic E-state index is 0.352. The van der Waals surface area contributed by atoms with Gasteiger partial charge in [-0.3, -0.25) is 20.4 Å². The summed E-state index contributed by atoms with van der Waals surface area (Å²) in [5.74, 6) is -0.872. The van der Waals surface area contributed by atoms with Crippen LogP contribution < -0.4 is 10.9 Å². The summed E-state index contributed by atoms with van der Waals surface area (Å²) in [6.07, 6.45) is 3.68. The lowest BCUT2D eigenvalue weighted by atomic mass is 10.2. The molecule has 0 aliphatic carbocycles. The Morgan fingerprint density at radius 1 is 1.20 bits per heavy atom. The first-order chi connectivity index (χ1) is 12.1. The number of hydrazine groups is 1. The highest BCUT2D eigenvalue weighted by molar-refractivity contribution is 6.30. The number of aromatic nitrogens is 3. The number of carbonyl (C=O) groups excluding carboxylic acids is 2. The average molecular weight is 358 g/mol. The van der Waals surface area contributed by atoms with Crippen LogP contribution in [0.5, 0.6) is 0 Å². The number of rotatable bonds is 4. The number of hydrogen-bond donors (Lipinski definition) is 3. The summed E-state index contributed by atoms with van der Waals surface area (Å²) >= 11 is 6.02.